The quantitative estimate of drug-likeness (QED) is 0.707. The fourth-order valence-corrected chi connectivity index (χ4v) is 1.45. The van der Waals surface area contributed by atoms with Crippen molar-refractivity contribution in [1.82, 2.24) is 15.5 Å². The minimum Gasteiger partial charge on any atom is -0.408 e. The van der Waals surface area contributed by atoms with Crippen LogP contribution in [0.2, 0.25) is 0 Å². The molecule has 1 rings (SSSR count). The minimum absolute atomic E-state index is 0.0644. The van der Waals surface area contributed by atoms with Gasteiger partial charge in [-0.25, -0.2) is 0 Å². The summed E-state index contributed by atoms with van der Waals surface area (Å²) in [7, 11) is 0. The molecule has 18 heavy (non-hydrogen) atoms. The molecule has 0 radical (unpaired) electrons. The number of rotatable bonds is 7. The number of nitrogens with one attached hydrogen (secondary N) is 1. The Labute approximate surface area is 107 Å². The lowest BCUT2D eigenvalue weighted by Gasteiger charge is -2.18. The van der Waals surface area contributed by atoms with Gasteiger partial charge in [0.15, 0.2) is 0 Å². The van der Waals surface area contributed by atoms with E-state index >= 15 is 0 Å². The molecule has 0 fully saturated rings. The smallest absolute Gasteiger partial charge is 0.318 e. The third-order valence-electron chi connectivity index (χ3n) is 2.25. The van der Waals surface area contributed by atoms with Crippen molar-refractivity contribution in [2.24, 2.45) is 5.73 Å². The van der Waals surface area contributed by atoms with Crippen molar-refractivity contribution in [3.63, 3.8) is 0 Å². The lowest BCUT2D eigenvalue weighted by molar-refractivity contribution is -0.120. The number of carbonyl (C=O) groups is 1. The second kappa shape index (κ2) is 6.95. The maximum Gasteiger partial charge on any atom is 0.318 e. The third-order valence-corrected chi connectivity index (χ3v) is 2.25. The van der Waals surface area contributed by atoms with E-state index in [2.05, 4.69) is 15.5 Å². The number of hydrogen-bond acceptors (Lipinski definition) is 6. The maximum atomic E-state index is 11.7. The Morgan fingerprint density at radius 1 is 1.50 bits per heavy atom. The van der Waals surface area contributed by atoms with Gasteiger partial charge >= 0.3 is 6.01 Å². The number of nitrogens with zero attached hydrogens (tertiary/aromatic N) is 3. The van der Waals surface area contributed by atoms with Gasteiger partial charge in [-0.1, -0.05) is 5.10 Å². The van der Waals surface area contributed by atoms with Gasteiger partial charge in [0.2, 0.25) is 11.8 Å². The molecule has 0 aromatic carbocycles. The highest BCUT2D eigenvalue weighted by atomic mass is 16.4. The normalized spacial score (nSPS) is 10.7. The van der Waals surface area contributed by atoms with E-state index in [1.807, 2.05) is 20.8 Å². The van der Waals surface area contributed by atoms with Crippen LogP contribution in [-0.4, -0.2) is 41.8 Å². The van der Waals surface area contributed by atoms with E-state index < -0.39 is 0 Å². The van der Waals surface area contributed by atoms with Gasteiger partial charge in [0, 0.05) is 25.6 Å². The molecule has 0 aliphatic rings. The predicted molar refractivity (Wildman–Crippen MR) is 68.2 cm³/mol. The summed E-state index contributed by atoms with van der Waals surface area (Å²) in [4.78, 5) is 13.4. The molecule has 0 atom stereocenters. The molecule has 1 aromatic rings. The van der Waals surface area contributed by atoms with Crippen molar-refractivity contribution in [1.29, 1.82) is 0 Å². The lowest BCUT2D eigenvalue weighted by Crippen LogP contribution is -2.40. The molecule has 7 nitrogen and oxygen atoms in total. The number of likely N-dealkylation sites (N-methyl/N-ethyl adjacent to an activating group) is 1. The first-order valence-electron chi connectivity index (χ1n) is 6.13. The minimum atomic E-state index is -0.0644. The van der Waals surface area contributed by atoms with Gasteiger partial charge in [0.25, 0.3) is 0 Å². The molecule has 1 heterocycles. The van der Waals surface area contributed by atoms with Crippen LogP contribution in [0.15, 0.2) is 4.42 Å². The highest BCUT2D eigenvalue weighted by Gasteiger charge is 2.16. The van der Waals surface area contributed by atoms with Crippen molar-refractivity contribution < 1.29 is 9.21 Å². The molecule has 0 saturated carbocycles. The van der Waals surface area contributed by atoms with E-state index in [4.69, 9.17) is 10.2 Å². The summed E-state index contributed by atoms with van der Waals surface area (Å²) < 4.78 is 5.43. The maximum absolute atomic E-state index is 11.7. The predicted octanol–water partition coefficient (Wildman–Crippen LogP) is -0.0783. The van der Waals surface area contributed by atoms with Crippen molar-refractivity contribution in [2.45, 2.75) is 33.2 Å². The lowest BCUT2D eigenvalue weighted by atomic mass is 10.4. The molecule has 0 bridgehead atoms. The number of aromatic nitrogens is 2. The van der Waals surface area contributed by atoms with Crippen LogP contribution in [0.4, 0.5) is 6.01 Å². The van der Waals surface area contributed by atoms with E-state index in [0.29, 0.717) is 31.4 Å². The first-order valence-corrected chi connectivity index (χ1v) is 6.13. The highest BCUT2D eigenvalue weighted by Crippen LogP contribution is 2.11. The van der Waals surface area contributed by atoms with E-state index in [-0.39, 0.29) is 18.5 Å². The summed E-state index contributed by atoms with van der Waals surface area (Å²) in [5, 5.41) is 10.6. The highest BCUT2D eigenvalue weighted by molar-refractivity contribution is 5.80. The van der Waals surface area contributed by atoms with Crippen molar-refractivity contribution in [2.75, 3.05) is 24.5 Å². The Morgan fingerprint density at radius 3 is 2.78 bits per heavy atom. The molecule has 7 heteroatoms. The second-order valence-corrected chi connectivity index (χ2v) is 4.25. The first kappa shape index (κ1) is 14.4. The fraction of sp³-hybridized carbons (Fsp3) is 0.727. The zero-order chi connectivity index (χ0) is 13.5. The Hall–Kier alpha value is -1.63. The van der Waals surface area contributed by atoms with Crippen LogP contribution < -0.4 is 16.0 Å². The molecule has 3 N–H and O–H groups in total. The topological polar surface area (TPSA) is 97.3 Å². The summed E-state index contributed by atoms with van der Waals surface area (Å²) in [6.45, 7) is 7.05. The zero-order valence-corrected chi connectivity index (χ0v) is 11.1. The van der Waals surface area contributed by atoms with E-state index in [0.717, 1.165) is 0 Å². The van der Waals surface area contributed by atoms with Crippen LogP contribution in [-0.2, 0) is 11.2 Å². The molecule has 0 aliphatic heterocycles. The number of anilines is 1. The number of carbonyl (C=O) groups excluding carboxylic acids is 1. The SMILES string of the molecule is CCN(CC(=O)NC(C)C)c1nnc(CCN)o1. The fourth-order valence-electron chi connectivity index (χ4n) is 1.45. The second-order valence-electron chi connectivity index (χ2n) is 4.25. The Kier molecular flexibility index (Phi) is 5.57. The summed E-state index contributed by atoms with van der Waals surface area (Å²) in [6.07, 6.45) is 0.544. The summed E-state index contributed by atoms with van der Waals surface area (Å²) in [6, 6.07) is 0.478. The van der Waals surface area contributed by atoms with E-state index in [1.54, 1.807) is 4.90 Å². The third kappa shape index (κ3) is 4.33. The molecule has 0 spiro atoms. The van der Waals surface area contributed by atoms with Crippen LogP contribution >= 0.6 is 0 Å². The molecule has 0 unspecified atom stereocenters. The Morgan fingerprint density at radius 2 is 2.22 bits per heavy atom. The van der Waals surface area contributed by atoms with Crippen molar-refractivity contribution in [3.05, 3.63) is 5.89 Å². The Balaban J connectivity index is 2.61. The van der Waals surface area contributed by atoms with Gasteiger partial charge in [-0.2, -0.15) is 0 Å². The number of nitrogens with two attached hydrogens (primary N) is 1. The van der Waals surface area contributed by atoms with E-state index in [9.17, 15) is 4.79 Å². The van der Waals surface area contributed by atoms with Crippen LogP contribution in [0.1, 0.15) is 26.7 Å². The first-order chi connectivity index (χ1) is 8.56. The van der Waals surface area contributed by atoms with Crippen LogP contribution in [0.3, 0.4) is 0 Å². The molecule has 0 saturated heterocycles. The number of amides is 1. The molecule has 102 valence electrons. The summed E-state index contributed by atoms with van der Waals surface area (Å²) in [5.74, 6) is 0.431. The zero-order valence-electron chi connectivity index (χ0n) is 11.1. The van der Waals surface area contributed by atoms with Gasteiger partial charge in [-0.15, -0.1) is 5.10 Å². The van der Waals surface area contributed by atoms with Gasteiger partial charge in [-0.05, 0) is 20.8 Å². The van der Waals surface area contributed by atoms with Crippen LogP contribution in [0, 0.1) is 0 Å². The monoisotopic (exact) mass is 255 g/mol. The van der Waals surface area contributed by atoms with E-state index in [1.165, 1.54) is 0 Å². The van der Waals surface area contributed by atoms with Gasteiger partial charge in [0.05, 0.1) is 0 Å². The van der Waals surface area contributed by atoms with Crippen LogP contribution in [0.25, 0.3) is 0 Å². The average Bonchev–Trinajstić information content (AvgIpc) is 2.74. The van der Waals surface area contributed by atoms with Crippen LogP contribution in [0.5, 0.6) is 0 Å². The molecule has 1 amide bonds. The molecular weight excluding hydrogens is 234 g/mol. The van der Waals surface area contributed by atoms with Gasteiger partial charge < -0.3 is 20.4 Å². The van der Waals surface area contributed by atoms with Crippen molar-refractivity contribution in [3.8, 4) is 0 Å². The van der Waals surface area contributed by atoms with Gasteiger partial charge in [-0.3, -0.25) is 4.79 Å². The molecule has 0 aliphatic carbocycles. The average molecular weight is 255 g/mol. The molecule has 1 aromatic heterocycles. The standard InChI is InChI=1S/C11H21N5O2/c1-4-16(7-9(17)13-8(2)3)11-15-14-10(18-11)5-6-12/h8H,4-7,12H2,1-3H3,(H,13,17). The Bertz CT molecular complexity index is 377. The van der Waals surface area contributed by atoms with Crippen molar-refractivity contribution >= 4 is 11.9 Å². The molecular formula is C11H21N5O2. The largest absolute Gasteiger partial charge is 0.408 e. The summed E-state index contributed by atoms with van der Waals surface area (Å²) in [5.41, 5.74) is 5.41. The number of hydrogen-bond donors (Lipinski definition) is 2. The summed E-state index contributed by atoms with van der Waals surface area (Å²) >= 11 is 0. The van der Waals surface area contributed by atoms with Gasteiger partial charge in [0.1, 0.15) is 6.54 Å².